The van der Waals surface area contributed by atoms with Crippen molar-refractivity contribution >= 4 is 17.3 Å². The van der Waals surface area contributed by atoms with Gasteiger partial charge >= 0.3 is 0 Å². The minimum Gasteiger partial charge on any atom is -0.504 e. The minimum atomic E-state index is 0.136. The van der Waals surface area contributed by atoms with Gasteiger partial charge in [-0.3, -0.25) is 0 Å². The molecule has 0 saturated carbocycles. The van der Waals surface area contributed by atoms with Crippen molar-refractivity contribution in [3.63, 3.8) is 0 Å². The Hall–Kier alpha value is -1.87. The van der Waals surface area contributed by atoms with Crippen LogP contribution in [0, 0.1) is 6.92 Å². The van der Waals surface area contributed by atoms with Crippen LogP contribution in [-0.2, 0) is 6.54 Å². The molecule has 2 aromatic carbocycles. The summed E-state index contributed by atoms with van der Waals surface area (Å²) in [6.45, 7) is 2.60. The van der Waals surface area contributed by atoms with Gasteiger partial charge in [0, 0.05) is 6.54 Å². The van der Waals surface area contributed by atoms with Crippen molar-refractivity contribution in [2.45, 2.75) is 13.5 Å². The van der Waals surface area contributed by atoms with Crippen molar-refractivity contribution < 1.29 is 9.84 Å². The van der Waals surface area contributed by atoms with E-state index < -0.39 is 0 Å². The Morgan fingerprint density at radius 1 is 1.21 bits per heavy atom. The molecule has 100 valence electrons. The number of aromatic hydroxyl groups is 1. The van der Waals surface area contributed by atoms with Crippen molar-refractivity contribution in [1.29, 1.82) is 0 Å². The Bertz CT molecular complexity index is 584. The molecule has 0 fully saturated rings. The number of phenols is 1. The Morgan fingerprint density at radius 3 is 2.68 bits per heavy atom. The first kappa shape index (κ1) is 13.6. The Morgan fingerprint density at radius 2 is 2.00 bits per heavy atom. The highest BCUT2D eigenvalue weighted by atomic mass is 35.5. The lowest BCUT2D eigenvalue weighted by atomic mass is 10.2. The smallest absolute Gasteiger partial charge is 0.160 e. The van der Waals surface area contributed by atoms with Crippen LogP contribution in [0.2, 0.25) is 5.02 Å². The Labute approximate surface area is 117 Å². The van der Waals surface area contributed by atoms with E-state index in [0.717, 1.165) is 16.8 Å². The van der Waals surface area contributed by atoms with Crippen LogP contribution in [0.25, 0.3) is 0 Å². The maximum atomic E-state index is 9.71. The third-order valence-corrected chi connectivity index (χ3v) is 3.18. The van der Waals surface area contributed by atoms with E-state index in [1.807, 2.05) is 31.2 Å². The van der Waals surface area contributed by atoms with Crippen LogP contribution in [-0.4, -0.2) is 12.2 Å². The molecule has 0 aliphatic heterocycles. The molecular formula is C15H16ClNO2. The molecule has 0 spiro atoms. The van der Waals surface area contributed by atoms with E-state index >= 15 is 0 Å². The van der Waals surface area contributed by atoms with E-state index in [9.17, 15) is 5.11 Å². The summed E-state index contributed by atoms with van der Waals surface area (Å²) in [6, 6.07) is 11.1. The average Bonchev–Trinajstić information content (AvgIpc) is 2.40. The molecule has 0 radical (unpaired) electrons. The van der Waals surface area contributed by atoms with Gasteiger partial charge in [-0.05, 0) is 42.3 Å². The summed E-state index contributed by atoms with van der Waals surface area (Å²) >= 11 is 6.11. The van der Waals surface area contributed by atoms with Crippen molar-refractivity contribution in [3.05, 3.63) is 52.5 Å². The van der Waals surface area contributed by atoms with Crippen LogP contribution in [0.3, 0.4) is 0 Å². The van der Waals surface area contributed by atoms with Gasteiger partial charge in [-0.2, -0.15) is 0 Å². The summed E-state index contributed by atoms with van der Waals surface area (Å²) in [5, 5.41) is 13.6. The number of anilines is 1. The van der Waals surface area contributed by atoms with E-state index in [2.05, 4.69) is 5.32 Å². The van der Waals surface area contributed by atoms with Gasteiger partial charge in [-0.15, -0.1) is 0 Å². The van der Waals surface area contributed by atoms with Crippen molar-refractivity contribution in [1.82, 2.24) is 0 Å². The van der Waals surface area contributed by atoms with Crippen LogP contribution < -0.4 is 10.1 Å². The molecule has 2 N–H and O–H groups in total. The molecular weight excluding hydrogens is 262 g/mol. The lowest BCUT2D eigenvalue weighted by molar-refractivity contribution is 0.373. The lowest BCUT2D eigenvalue weighted by Gasteiger charge is -2.10. The highest BCUT2D eigenvalue weighted by molar-refractivity contribution is 6.33. The predicted molar refractivity (Wildman–Crippen MR) is 78.2 cm³/mol. The number of nitrogens with one attached hydrogen (secondary N) is 1. The quantitative estimate of drug-likeness (QED) is 0.888. The van der Waals surface area contributed by atoms with E-state index in [0.29, 0.717) is 17.3 Å². The molecule has 0 atom stereocenters. The zero-order chi connectivity index (χ0) is 13.8. The maximum absolute atomic E-state index is 9.71. The van der Waals surface area contributed by atoms with Gasteiger partial charge in [0.05, 0.1) is 17.8 Å². The number of benzene rings is 2. The minimum absolute atomic E-state index is 0.136. The zero-order valence-electron chi connectivity index (χ0n) is 10.9. The molecule has 0 aliphatic carbocycles. The number of aryl methyl sites for hydroxylation is 1. The van der Waals surface area contributed by atoms with Crippen LogP contribution in [0.4, 0.5) is 5.69 Å². The van der Waals surface area contributed by atoms with Crippen molar-refractivity contribution in [2.75, 3.05) is 12.4 Å². The number of hydrogen-bond donors (Lipinski definition) is 2. The summed E-state index contributed by atoms with van der Waals surface area (Å²) in [7, 11) is 1.53. The maximum Gasteiger partial charge on any atom is 0.160 e. The highest BCUT2D eigenvalue weighted by Crippen LogP contribution is 2.27. The summed E-state index contributed by atoms with van der Waals surface area (Å²) in [6.07, 6.45) is 0. The van der Waals surface area contributed by atoms with Crippen LogP contribution >= 0.6 is 11.6 Å². The summed E-state index contributed by atoms with van der Waals surface area (Å²) in [4.78, 5) is 0. The van der Waals surface area contributed by atoms with Gasteiger partial charge in [-0.1, -0.05) is 23.7 Å². The normalized spacial score (nSPS) is 10.3. The first-order chi connectivity index (χ1) is 9.10. The second-order valence-corrected chi connectivity index (χ2v) is 4.75. The van der Waals surface area contributed by atoms with E-state index in [-0.39, 0.29) is 5.75 Å². The second kappa shape index (κ2) is 5.85. The number of halogens is 1. The summed E-state index contributed by atoms with van der Waals surface area (Å²) in [5.41, 5.74) is 2.98. The third kappa shape index (κ3) is 3.32. The van der Waals surface area contributed by atoms with Gasteiger partial charge in [-0.25, -0.2) is 0 Å². The molecule has 0 unspecified atom stereocenters. The topological polar surface area (TPSA) is 41.5 Å². The Balaban J connectivity index is 2.10. The molecule has 2 rings (SSSR count). The van der Waals surface area contributed by atoms with E-state index in [1.165, 1.54) is 7.11 Å². The number of ether oxygens (including phenoxy) is 1. The fraction of sp³-hybridized carbons (Fsp3) is 0.200. The molecule has 0 bridgehead atoms. The van der Waals surface area contributed by atoms with Crippen LogP contribution in [0.15, 0.2) is 36.4 Å². The SMILES string of the molecule is COc1ccc(CNc2cc(C)ccc2Cl)cc1O. The van der Waals surface area contributed by atoms with E-state index in [1.54, 1.807) is 12.1 Å². The Kier molecular flexibility index (Phi) is 4.17. The predicted octanol–water partition coefficient (Wildman–Crippen LogP) is 3.97. The molecule has 0 amide bonds. The highest BCUT2D eigenvalue weighted by Gasteiger charge is 2.04. The zero-order valence-corrected chi connectivity index (χ0v) is 11.7. The molecule has 0 aromatic heterocycles. The molecule has 0 aliphatic rings. The third-order valence-electron chi connectivity index (χ3n) is 2.85. The summed E-state index contributed by atoms with van der Waals surface area (Å²) in [5.74, 6) is 0.606. The largest absolute Gasteiger partial charge is 0.504 e. The fourth-order valence-electron chi connectivity index (χ4n) is 1.82. The van der Waals surface area contributed by atoms with Gasteiger partial charge < -0.3 is 15.2 Å². The number of phenolic OH excluding ortho intramolecular Hbond substituents is 1. The van der Waals surface area contributed by atoms with Crippen LogP contribution in [0.5, 0.6) is 11.5 Å². The standard InChI is InChI=1S/C15H16ClNO2/c1-10-3-5-12(16)13(7-10)17-9-11-4-6-15(19-2)14(18)8-11/h3-8,17-18H,9H2,1-2H3. The molecule has 0 heterocycles. The molecule has 4 heteroatoms. The van der Waals surface area contributed by atoms with Gasteiger partial charge in [0.2, 0.25) is 0 Å². The first-order valence-electron chi connectivity index (χ1n) is 5.96. The van der Waals surface area contributed by atoms with Crippen molar-refractivity contribution in [3.8, 4) is 11.5 Å². The second-order valence-electron chi connectivity index (χ2n) is 4.34. The average molecular weight is 278 g/mol. The number of rotatable bonds is 4. The lowest BCUT2D eigenvalue weighted by Crippen LogP contribution is -2.00. The molecule has 3 nitrogen and oxygen atoms in total. The van der Waals surface area contributed by atoms with Gasteiger partial charge in [0.25, 0.3) is 0 Å². The molecule has 2 aromatic rings. The number of methoxy groups -OCH3 is 1. The van der Waals surface area contributed by atoms with Crippen LogP contribution in [0.1, 0.15) is 11.1 Å². The summed E-state index contributed by atoms with van der Waals surface area (Å²) < 4.78 is 5.01. The molecule has 19 heavy (non-hydrogen) atoms. The van der Waals surface area contributed by atoms with Gasteiger partial charge in [0.1, 0.15) is 0 Å². The molecule has 0 saturated heterocycles. The fourth-order valence-corrected chi connectivity index (χ4v) is 2.00. The van der Waals surface area contributed by atoms with Gasteiger partial charge in [0.15, 0.2) is 11.5 Å². The monoisotopic (exact) mass is 277 g/mol. The van der Waals surface area contributed by atoms with Crippen molar-refractivity contribution in [2.24, 2.45) is 0 Å². The van der Waals surface area contributed by atoms with E-state index in [4.69, 9.17) is 16.3 Å². The number of hydrogen-bond acceptors (Lipinski definition) is 3. The first-order valence-corrected chi connectivity index (χ1v) is 6.34.